The van der Waals surface area contributed by atoms with Crippen molar-refractivity contribution in [2.75, 3.05) is 17.9 Å². The zero-order valence-electron chi connectivity index (χ0n) is 18.9. The summed E-state index contributed by atoms with van der Waals surface area (Å²) in [6, 6.07) is 14.3. The molecule has 0 bridgehead atoms. The number of rotatable bonds is 4. The summed E-state index contributed by atoms with van der Waals surface area (Å²) in [5.41, 5.74) is 14.2. The molecule has 0 saturated carbocycles. The lowest BCUT2D eigenvalue weighted by atomic mass is 10.0. The molecule has 0 radical (unpaired) electrons. The van der Waals surface area contributed by atoms with Gasteiger partial charge in [0, 0.05) is 11.7 Å². The zero-order chi connectivity index (χ0) is 23.2. The fourth-order valence-electron chi connectivity index (χ4n) is 4.07. The molecule has 3 heterocycles. The lowest BCUT2D eigenvalue weighted by Gasteiger charge is -2.25. The number of methoxy groups -OCH3 is 1. The molecule has 0 fully saturated rings. The van der Waals surface area contributed by atoms with Gasteiger partial charge < -0.3 is 15.0 Å². The summed E-state index contributed by atoms with van der Waals surface area (Å²) in [7, 11) is 1.57. The van der Waals surface area contributed by atoms with Gasteiger partial charge in [-0.15, -0.1) is 10.4 Å². The van der Waals surface area contributed by atoms with E-state index in [9.17, 15) is 0 Å². The number of nitrogens with zero attached hydrogens (tertiary/aromatic N) is 6. The van der Waals surface area contributed by atoms with Crippen LogP contribution in [0.2, 0.25) is 0 Å². The maximum absolute atomic E-state index is 5.73. The van der Waals surface area contributed by atoms with Gasteiger partial charge >= 0.3 is 12.7 Å². The minimum Gasteiger partial charge on any atom is -0.480 e. The standard InChI is InChI=1S/C24H24N8O/c1-24(2,3)32-20-10-9-15(17-12-27-23(25)30-22(17)33-4)11-18(20)29-21(32)16-7-5-6-8-19(16)31-14-26-13-28-31/h5-14H,1-4H3,(H2,25,27,30)/p+1. The van der Waals surface area contributed by atoms with Crippen molar-refractivity contribution in [1.29, 1.82) is 0 Å². The summed E-state index contributed by atoms with van der Waals surface area (Å²) in [6.07, 6.45) is 5.07. The fraction of sp³-hybridized carbons (Fsp3) is 0.208. The number of benzene rings is 2. The first-order valence-electron chi connectivity index (χ1n) is 10.6. The average Bonchev–Trinajstić information content (AvgIpc) is 3.46. The van der Waals surface area contributed by atoms with Gasteiger partial charge in [0.25, 0.3) is 0 Å². The van der Waals surface area contributed by atoms with Crippen molar-refractivity contribution < 1.29 is 4.74 Å². The Bertz CT molecular complexity index is 1430. The Kier molecular flexibility index (Phi) is 4.76. The van der Waals surface area contributed by atoms with Crippen molar-refractivity contribution in [1.82, 2.24) is 29.6 Å². The Labute approximate surface area is 191 Å². The van der Waals surface area contributed by atoms with Gasteiger partial charge in [-0.25, -0.2) is 14.6 Å². The third-order valence-electron chi connectivity index (χ3n) is 5.46. The number of ether oxygens (including phenoxy) is 1. The summed E-state index contributed by atoms with van der Waals surface area (Å²) >= 11 is 0. The van der Waals surface area contributed by atoms with E-state index < -0.39 is 0 Å². The molecule has 1 aliphatic heterocycles. The van der Waals surface area contributed by atoms with Crippen molar-refractivity contribution in [2.45, 2.75) is 26.3 Å². The predicted molar refractivity (Wildman–Crippen MR) is 132 cm³/mol. The Hall–Kier alpha value is -4.36. The number of hydrogen-bond donors (Lipinski definition) is 2. The van der Waals surface area contributed by atoms with E-state index in [4.69, 9.17) is 15.5 Å². The number of nitrogens with one attached hydrogen (secondary N) is 1. The number of imidazole rings is 1. The number of hydrazine groups is 1. The van der Waals surface area contributed by atoms with E-state index in [0.717, 1.165) is 39.2 Å². The highest BCUT2D eigenvalue weighted by Crippen LogP contribution is 2.37. The smallest absolute Gasteiger partial charge is 0.311 e. The molecule has 0 saturated heterocycles. The molecule has 0 atom stereocenters. The second-order valence-corrected chi connectivity index (χ2v) is 8.71. The van der Waals surface area contributed by atoms with Crippen molar-refractivity contribution in [3.63, 3.8) is 0 Å². The van der Waals surface area contributed by atoms with Gasteiger partial charge in [-0.3, -0.25) is 0 Å². The molecule has 0 aliphatic carbocycles. The number of fused-ring (bicyclic) bond motifs is 1. The molecule has 2 aromatic carbocycles. The molecule has 33 heavy (non-hydrogen) atoms. The third-order valence-corrected chi connectivity index (χ3v) is 5.46. The van der Waals surface area contributed by atoms with E-state index in [1.165, 1.54) is 0 Å². The summed E-state index contributed by atoms with van der Waals surface area (Å²) in [4.78, 5) is 13.4. The second-order valence-electron chi connectivity index (χ2n) is 8.71. The zero-order valence-corrected chi connectivity index (χ0v) is 18.9. The van der Waals surface area contributed by atoms with Crippen LogP contribution in [0.4, 0.5) is 11.6 Å². The van der Waals surface area contributed by atoms with Crippen molar-refractivity contribution in [3.05, 3.63) is 48.7 Å². The first kappa shape index (κ1) is 20.5. The first-order chi connectivity index (χ1) is 15.9. The molecule has 166 valence electrons. The first-order valence-corrected chi connectivity index (χ1v) is 10.6. The second kappa shape index (κ2) is 7.65. The molecular formula is C24H25N8O+. The van der Waals surface area contributed by atoms with Crippen molar-refractivity contribution >= 4 is 35.3 Å². The summed E-state index contributed by atoms with van der Waals surface area (Å²) in [5.74, 6) is 1.47. The van der Waals surface area contributed by atoms with Crippen LogP contribution in [-0.4, -0.2) is 39.3 Å². The van der Waals surface area contributed by atoms with Crippen molar-refractivity contribution in [3.8, 4) is 28.4 Å². The molecule has 9 heteroatoms. The van der Waals surface area contributed by atoms with Gasteiger partial charge in [-0.2, -0.15) is 4.98 Å². The van der Waals surface area contributed by atoms with Crippen LogP contribution in [0.25, 0.3) is 33.5 Å². The average molecular weight is 442 g/mol. The van der Waals surface area contributed by atoms with Gasteiger partial charge in [0.15, 0.2) is 0 Å². The van der Waals surface area contributed by atoms with Gasteiger partial charge in [-0.1, -0.05) is 18.2 Å². The van der Waals surface area contributed by atoms with Crippen LogP contribution in [0, 0.1) is 0 Å². The normalized spacial score (nSPS) is 13.0. The summed E-state index contributed by atoms with van der Waals surface area (Å²) < 4.78 is 11.9. The molecule has 0 amide bonds. The number of hydrogen-bond acceptors (Lipinski definition) is 7. The Morgan fingerprint density at radius 3 is 2.61 bits per heavy atom. The highest BCUT2D eigenvalue weighted by molar-refractivity contribution is 5.94. The molecule has 2 aromatic heterocycles. The van der Waals surface area contributed by atoms with E-state index in [1.807, 2.05) is 35.3 Å². The quantitative estimate of drug-likeness (QED) is 0.469. The van der Waals surface area contributed by atoms with Crippen LogP contribution in [0.15, 0.2) is 48.7 Å². The molecule has 0 spiro atoms. The van der Waals surface area contributed by atoms with Gasteiger partial charge in [-0.05, 0) is 50.6 Å². The lowest BCUT2D eigenvalue weighted by Crippen LogP contribution is -2.32. The van der Waals surface area contributed by atoms with E-state index in [0.29, 0.717) is 5.88 Å². The fourth-order valence-corrected chi connectivity index (χ4v) is 4.07. The molecule has 4 aromatic rings. The highest BCUT2D eigenvalue weighted by atomic mass is 16.5. The topological polar surface area (TPSA) is 108 Å². The Balaban J connectivity index is 1.72. The minimum atomic E-state index is -0.209. The maximum atomic E-state index is 5.73. The van der Waals surface area contributed by atoms with Crippen LogP contribution in [0.5, 0.6) is 5.88 Å². The van der Waals surface area contributed by atoms with Gasteiger partial charge in [0.1, 0.15) is 11.5 Å². The lowest BCUT2D eigenvalue weighted by molar-refractivity contribution is 0.399. The van der Waals surface area contributed by atoms with E-state index in [-0.39, 0.29) is 11.5 Å². The Morgan fingerprint density at radius 2 is 1.88 bits per heavy atom. The Morgan fingerprint density at radius 1 is 1.06 bits per heavy atom. The monoisotopic (exact) mass is 441 g/mol. The number of para-hydroxylation sites is 1. The van der Waals surface area contributed by atoms with Crippen LogP contribution in [0.3, 0.4) is 0 Å². The largest absolute Gasteiger partial charge is 0.480 e. The summed E-state index contributed by atoms with van der Waals surface area (Å²) in [6.45, 7) is 6.52. The van der Waals surface area contributed by atoms with Crippen LogP contribution in [-0.2, 0) is 5.54 Å². The number of anilines is 2. The number of nitrogens with two attached hydrogens (primary N) is 1. The van der Waals surface area contributed by atoms with Crippen LogP contribution >= 0.6 is 0 Å². The van der Waals surface area contributed by atoms with Crippen LogP contribution < -0.4 is 25.6 Å². The minimum absolute atomic E-state index is 0.170. The molecule has 3 N–H and O–H groups in total. The van der Waals surface area contributed by atoms with Crippen molar-refractivity contribution in [2.24, 2.45) is 0 Å². The van der Waals surface area contributed by atoms with E-state index in [1.54, 1.807) is 26.0 Å². The number of aromatic nitrogens is 4. The highest BCUT2D eigenvalue weighted by Gasteiger charge is 2.27. The molecule has 9 nitrogen and oxygen atoms in total. The maximum Gasteiger partial charge on any atom is 0.311 e. The number of nitrogen functional groups attached to an aromatic ring is 1. The molecule has 5 rings (SSSR count). The molecular weight excluding hydrogens is 416 g/mol. The van der Waals surface area contributed by atoms with Gasteiger partial charge in [0.2, 0.25) is 11.8 Å². The third kappa shape index (κ3) is 3.54. The SMILES string of the molecule is COc1nc(N)ncc1-c1ccc2c(c1)nc(-c1ccccc1N1C=[N+]=CN1)n2C(C)(C)C. The molecule has 1 aliphatic rings. The van der Waals surface area contributed by atoms with Crippen LogP contribution in [0.1, 0.15) is 20.8 Å². The van der Waals surface area contributed by atoms with E-state index >= 15 is 0 Å². The predicted octanol–water partition coefficient (Wildman–Crippen LogP) is 2.95. The van der Waals surface area contributed by atoms with E-state index in [2.05, 4.69) is 57.5 Å². The summed E-state index contributed by atoms with van der Waals surface area (Å²) in [5, 5.41) is 1.88. The molecule has 0 unspecified atom stereocenters. The van der Waals surface area contributed by atoms with Gasteiger partial charge in [0.05, 0.1) is 29.3 Å².